The number of nitrogens with zero attached hydrogens (tertiary/aromatic N) is 2. The molecule has 0 radical (unpaired) electrons. The van der Waals surface area contributed by atoms with E-state index in [9.17, 15) is 9.59 Å². The number of amides is 2. The number of benzene rings is 1. The number of halogens is 1. The molecule has 0 bridgehead atoms. The third kappa shape index (κ3) is 5.11. The number of hydrogen-bond donors (Lipinski definition) is 2. The van der Waals surface area contributed by atoms with E-state index in [0.717, 1.165) is 18.1 Å². The molecule has 1 fully saturated rings. The quantitative estimate of drug-likeness (QED) is 0.862. The number of piperazine rings is 1. The van der Waals surface area contributed by atoms with Crippen molar-refractivity contribution in [3.8, 4) is 0 Å². The molecule has 1 atom stereocenters. The minimum atomic E-state index is -0.910. The number of aliphatic carboxylic acids is 1. The van der Waals surface area contributed by atoms with Crippen LogP contribution < -0.4 is 5.32 Å². The van der Waals surface area contributed by atoms with Gasteiger partial charge in [0.2, 0.25) is 0 Å². The van der Waals surface area contributed by atoms with Crippen molar-refractivity contribution < 1.29 is 14.7 Å². The highest BCUT2D eigenvalue weighted by molar-refractivity contribution is 6.30. The number of nitrogens with one attached hydrogen (secondary N) is 1. The molecule has 6 nitrogen and oxygen atoms in total. The number of carbonyl (C=O) groups excluding carboxylic acids is 1. The van der Waals surface area contributed by atoms with E-state index in [0.29, 0.717) is 13.1 Å². The lowest BCUT2D eigenvalue weighted by Crippen LogP contribution is -2.52. The van der Waals surface area contributed by atoms with Crippen LogP contribution in [0.2, 0.25) is 5.02 Å². The molecule has 0 saturated carbocycles. The number of hydrogen-bond acceptors (Lipinski definition) is 3. The second-order valence-electron chi connectivity index (χ2n) is 5.63. The molecule has 1 aliphatic heterocycles. The lowest BCUT2D eigenvalue weighted by atomic mass is 10.1. The van der Waals surface area contributed by atoms with E-state index in [4.69, 9.17) is 16.7 Å². The Balaban J connectivity index is 1.80. The van der Waals surface area contributed by atoms with Crippen molar-refractivity contribution in [3.63, 3.8) is 0 Å². The van der Waals surface area contributed by atoms with Gasteiger partial charge in [-0.1, -0.05) is 23.7 Å². The first-order valence-electron chi connectivity index (χ1n) is 7.71. The SMILES string of the molecule is CC(c1ccc(Cl)cc1)N1CCN(C(=O)NCCC(=O)O)CC1. The zero-order valence-electron chi connectivity index (χ0n) is 13.2. The van der Waals surface area contributed by atoms with Gasteiger partial charge in [-0.2, -0.15) is 0 Å². The van der Waals surface area contributed by atoms with Crippen LogP contribution >= 0.6 is 11.6 Å². The van der Waals surface area contributed by atoms with Crippen LogP contribution in [-0.4, -0.2) is 59.6 Å². The molecular weight excluding hydrogens is 318 g/mol. The van der Waals surface area contributed by atoms with Crippen molar-refractivity contribution in [1.29, 1.82) is 0 Å². The van der Waals surface area contributed by atoms with Crippen LogP contribution in [0.25, 0.3) is 0 Å². The molecule has 1 saturated heterocycles. The van der Waals surface area contributed by atoms with Gasteiger partial charge in [-0.25, -0.2) is 4.79 Å². The predicted octanol–water partition coefficient (Wildman–Crippen LogP) is 2.20. The molecule has 0 aliphatic carbocycles. The lowest BCUT2D eigenvalue weighted by Gasteiger charge is -2.38. The second-order valence-corrected chi connectivity index (χ2v) is 6.06. The Morgan fingerprint density at radius 3 is 2.39 bits per heavy atom. The molecule has 1 heterocycles. The third-order valence-electron chi connectivity index (χ3n) is 4.12. The van der Waals surface area contributed by atoms with Gasteiger partial charge in [0, 0.05) is 43.8 Å². The minimum absolute atomic E-state index is 0.0562. The average molecular weight is 340 g/mol. The fraction of sp³-hybridized carbons (Fsp3) is 0.500. The van der Waals surface area contributed by atoms with Crippen LogP contribution in [-0.2, 0) is 4.79 Å². The lowest BCUT2D eigenvalue weighted by molar-refractivity contribution is -0.136. The second kappa shape index (κ2) is 8.17. The van der Waals surface area contributed by atoms with Crippen molar-refractivity contribution in [3.05, 3.63) is 34.9 Å². The van der Waals surface area contributed by atoms with E-state index in [1.165, 1.54) is 5.56 Å². The van der Waals surface area contributed by atoms with E-state index < -0.39 is 5.97 Å². The van der Waals surface area contributed by atoms with Gasteiger partial charge in [-0.3, -0.25) is 9.69 Å². The topological polar surface area (TPSA) is 72.9 Å². The number of urea groups is 1. The van der Waals surface area contributed by atoms with Crippen LogP contribution in [0.4, 0.5) is 4.79 Å². The van der Waals surface area contributed by atoms with Gasteiger partial charge in [-0.05, 0) is 24.6 Å². The highest BCUT2D eigenvalue weighted by Gasteiger charge is 2.24. The molecule has 1 unspecified atom stereocenters. The van der Waals surface area contributed by atoms with Crippen molar-refractivity contribution in [2.45, 2.75) is 19.4 Å². The van der Waals surface area contributed by atoms with Crippen LogP contribution in [0.15, 0.2) is 24.3 Å². The van der Waals surface area contributed by atoms with E-state index in [1.807, 2.05) is 24.3 Å². The summed E-state index contributed by atoms with van der Waals surface area (Å²) in [5.41, 5.74) is 1.20. The van der Waals surface area contributed by atoms with Gasteiger partial charge in [0.1, 0.15) is 0 Å². The number of carbonyl (C=O) groups is 2. The van der Waals surface area contributed by atoms with Gasteiger partial charge < -0.3 is 15.3 Å². The van der Waals surface area contributed by atoms with Crippen molar-refractivity contribution in [1.82, 2.24) is 15.1 Å². The molecule has 7 heteroatoms. The van der Waals surface area contributed by atoms with Crippen LogP contribution in [0.5, 0.6) is 0 Å². The van der Waals surface area contributed by atoms with Crippen molar-refractivity contribution in [2.75, 3.05) is 32.7 Å². The largest absolute Gasteiger partial charge is 0.481 e. The van der Waals surface area contributed by atoms with Crippen LogP contribution in [0, 0.1) is 0 Å². The molecule has 2 rings (SSSR count). The summed E-state index contributed by atoms with van der Waals surface area (Å²) in [6.45, 7) is 5.15. The summed E-state index contributed by atoms with van der Waals surface area (Å²) < 4.78 is 0. The van der Waals surface area contributed by atoms with Crippen LogP contribution in [0.1, 0.15) is 24.9 Å². The van der Waals surface area contributed by atoms with Crippen LogP contribution in [0.3, 0.4) is 0 Å². The third-order valence-corrected chi connectivity index (χ3v) is 4.37. The summed E-state index contributed by atoms with van der Waals surface area (Å²) in [6, 6.07) is 7.91. The molecule has 23 heavy (non-hydrogen) atoms. The average Bonchev–Trinajstić information content (AvgIpc) is 2.54. The molecule has 0 spiro atoms. The zero-order chi connectivity index (χ0) is 16.8. The first-order chi connectivity index (χ1) is 11.0. The van der Waals surface area contributed by atoms with E-state index in [2.05, 4.69) is 17.1 Å². The molecule has 2 N–H and O–H groups in total. The standard InChI is InChI=1S/C16H22ClN3O3/c1-12(13-2-4-14(17)5-3-13)19-8-10-20(11-9-19)16(23)18-7-6-15(21)22/h2-5,12H,6-11H2,1H3,(H,18,23)(H,21,22). The Kier molecular flexibility index (Phi) is 6.24. The summed E-state index contributed by atoms with van der Waals surface area (Å²) >= 11 is 5.92. The smallest absolute Gasteiger partial charge is 0.317 e. The summed E-state index contributed by atoms with van der Waals surface area (Å²) in [6.07, 6.45) is -0.0562. The Morgan fingerprint density at radius 1 is 1.22 bits per heavy atom. The Labute approximate surface area is 141 Å². The molecule has 126 valence electrons. The minimum Gasteiger partial charge on any atom is -0.481 e. The number of rotatable bonds is 5. The van der Waals surface area contributed by atoms with Gasteiger partial charge in [0.05, 0.1) is 6.42 Å². The highest BCUT2D eigenvalue weighted by atomic mass is 35.5. The highest BCUT2D eigenvalue weighted by Crippen LogP contribution is 2.23. The normalized spacial score (nSPS) is 16.9. The number of carboxylic acid groups (broad SMARTS) is 1. The maximum absolute atomic E-state index is 12.0. The summed E-state index contributed by atoms with van der Waals surface area (Å²) in [7, 11) is 0. The fourth-order valence-electron chi connectivity index (χ4n) is 2.65. The molecule has 1 aromatic carbocycles. The number of carboxylic acids is 1. The maximum Gasteiger partial charge on any atom is 0.317 e. The Hall–Kier alpha value is -1.79. The van der Waals surface area contributed by atoms with Gasteiger partial charge >= 0.3 is 12.0 Å². The van der Waals surface area contributed by atoms with E-state index >= 15 is 0 Å². The van der Waals surface area contributed by atoms with Gasteiger partial charge in [0.15, 0.2) is 0 Å². The summed E-state index contributed by atoms with van der Waals surface area (Å²) in [5.74, 6) is -0.910. The van der Waals surface area contributed by atoms with E-state index in [-0.39, 0.29) is 25.0 Å². The van der Waals surface area contributed by atoms with Gasteiger partial charge in [-0.15, -0.1) is 0 Å². The molecular formula is C16H22ClN3O3. The predicted molar refractivity (Wildman–Crippen MR) is 88.7 cm³/mol. The summed E-state index contributed by atoms with van der Waals surface area (Å²) in [4.78, 5) is 26.5. The van der Waals surface area contributed by atoms with Crippen molar-refractivity contribution >= 4 is 23.6 Å². The molecule has 0 aromatic heterocycles. The first-order valence-corrected chi connectivity index (χ1v) is 8.09. The van der Waals surface area contributed by atoms with E-state index in [1.54, 1.807) is 4.90 Å². The van der Waals surface area contributed by atoms with Crippen molar-refractivity contribution in [2.24, 2.45) is 0 Å². The Morgan fingerprint density at radius 2 is 1.83 bits per heavy atom. The first kappa shape index (κ1) is 17.6. The van der Waals surface area contributed by atoms with Gasteiger partial charge in [0.25, 0.3) is 0 Å². The molecule has 2 amide bonds. The summed E-state index contributed by atoms with van der Waals surface area (Å²) in [5, 5.41) is 11.9. The molecule has 1 aliphatic rings. The maximum atomic E-state index is 12.0. The zero-order valence-corrected chi connectivity index (χ0v) is 13.9. The monoisotopic (exact) mass is 339 g/mol. The fourth-order valence-corrected chi connectivity index (χ4v) is 2.78. The molecule has 1 aromatic rings. The Bertz CT molecular complexity index is 542.